The van der Waals surface area contributed by atoms with E-state index in [1.165, 1.54) is 7.11 Å². The highest BCUT2D eigenvalue weighted by Gasteiger charge is 2.11. The fraction of sp³-hybridized carbons (Fsp3) is 0.364. The Bertz CT molecular complexity index is 390. The molecule has 0 aromatic heterocycles. The fourth-order valence-corrected chi connectivity index (χ4v) is 1.75. The van der Waals surface area contributed by atoms with E-state index in [1.54, 1.807) is 19.1 Å². The van der Waals surface area contributed by atoms with Gasteiger partial charge in [-0.2, -0.15) is 0 Å². The van der Waals surface area contributed by atoms with Crippen molar-refractivity contribution in [2.75, 3.05) is 13.7 Å². The second-order valence-corrected chi connectivity index (χ2v) is 3.96. The Morgan fingerprint density at radius 2 is 2.19 bits per heavy atom. The number of rotatable bonds is 4. The third-order valence-electron chi connectivity index (χ3n) is 1.96. The van der Waals surface area contributed by atoms with Crippen molar-refractivity contribution in [2.24, 2.45) is 0 Å². The smallest absolute Gasteiger partial charge is 0.310 e. The first-order valence-corrected chi connectivity index (χ1v) is 5.58. The second-order valence-electron chi connectivity index (χ2n) is 3.11. The average Bonchev–Trinajstić information content (AvgIpc) is 2.23. The molecule has 0 unspecified atom stereocenters. The monoisotopic (exact) mass is 288 g/mol. The summed E-state index contributed by atoms with van der Waals surface area (Å²) in [5.41, 5.74) is 0.722. The summed E-state index contributed by atoms with van der Waals surface area (Å²) < 4.78 is 10.3. The molecule has 0 aliphatic rings. The largest absolute Gasteiger partial charge is 0.503 e. The molecule has 88 valence electrons. The number of hydrogen-bond donors (Lipinski definition) is 1. The van der Waals surface area contributed by atoms with E-state index in [0.717, 1.165) is 5.56 Å². The van der Waals surface area contributed by atoms with E-state index in [9.17, 15) is 9.90 Å². The number of methoxy groups -OCH3 is 1. The summed E-state index contributed by atoms with van der Waals surface area (Å²) in [6.07, 6.45) is 0.156. The molecular weight excluding hydrogens is 276 g/mol. The van der Waals surface area contributed by atoms with Crippen LogP contribution in [0.3, 0.4) is 0 Å². The lowest BCUT2D eigenvalue weighted by Crippen LogP contribution is -2.07. The Kier molecular flexibility index (Phi) is 4.61. The van der Waals surface area contributed by atoms with Crippen molar-refractivity contribution in [1.29, 1.82) is 0 Å². The number of aromatic hydroxyl groups is 1. The predicted octanol–water partition coefficient (Wildman–Crippen LogP) is 2.27. The van der Waals surface area contributed by atoms with Gasteiger partial charge in [0.25, 0.3) is 0 Å². The highest BCUT2D eigenvalue weighted by molar-refractivity contribution is 9.10. The number of phenols is 1. The molecule has 0 saturated carbocycles. The average molecular weight is 289 g/mol. The van der Waals surface area contributed by atoms with Gasteiger partial charge < -0.3 is 14.6 Å². The van der Waals surface area contributed by atoms with Gasteiger partial charge in [-0.1, -0.05) is 0 Å². The van der Waals surface area contributed by atoms with E-state index in [1.807, 2.05) is 0 Å². The lowest BCUT2D eigenvalue weighted by molar-refractivity contribution is -0.142. The molecule has 0 heterocycles. The SMILES string of the molecule is CCOC(=O)Cc1cc(Br)c(O)c(OC)c1. The number of esters is 1. The standard InChI is InChI=1S/C11H13BrO4/c1-3-16-10(13)6-7-4-8(12)11(14)9(5-7)15-2/h4-5,14H,3,6H2,1-2H3. The predicted molar refractivity (Wildman–Crippen MR) is 62.7 cm³/mol. The van der Waals surface area contributed by atoms with E-state index < -0.39 is 0 Å². The van der Waals surface area contributed by atoms with Gasteiger partial charge in [-0.15, -0.1) is 0 Å². The molecule has 0 atom stereocenters. The Balaban J connectivity index is 2.89. The normalized spacial score (nSPS) is 9.94. The van der Waals surface area contributed by atoms with E-state index in [4.69, 9.17) is 9.47 Å². The first-order chi connectivity index (χ1) is 7.58. The zero-order chi connectivity index (χ0) is 12.1. The Hall–Kier alpha value is -1.23. The van der Waals surface area contributed by atoms with Crippen LogP contribution in [0, 0.1) is 0 Å². The summed E-state index contributed by atoms with van der Waals surface area (Å²) in [4.78, 5) is 11.3. The van der Waals surface area contributed by atoms with Gasteiger partial charge in [-0.05, 0) is 40.5 Å². The molecule has 5 heteroatoms. The summed E-state index contributed by atoms with van der Waals surface area (Å²) in [7, 11) is 1.45. The van der Waals surface area contributed by atoms with Crippen molar-refractivity contribution < 1.29 is 19.4 Å². The first-order valence-electron chi connectivity index (χ1n) is 4.79. The summed E-state index contributed by atoms with van der Waals surface area (Å²) in [5, 5.41) is 9.57. The van der Waals surface area contributed by atoms with Crippen LogP contribution in [0.4, 0.5) is 0 Å². The minimum absolute atomic E-state index is 0.0232. The van der Waals surface area contributed by atoms with Crippen LogP contribution < -0.4 is 4.74 Å². The lowest BCUT2D eigenvalue weighted by Gasteiger charge is -2.08. The van der Waals surface area contributed by atoms with Crippen LogP contribution in [0.5, 0.6) is 11.5 Å². The maximum Gasteiger partial charge on any atom is 0.310 e. The highest BCUT2D eigenvalue weighted by Crippen LogP contribution is 2.35. The van der Waals surface area contributed by atoms with Crippen molar-refractivity contribution in [2.45, 2.75) is 13.3 Å². The Morgan fingerprint density at radius 3 is 2.75 bits per heavy atom. The highest BCUT2D eigenvalue weighted by atomic mass is 79.9. The number of hydrogen-bond acceptors (Lipinski definition) is 4. The molecule has 1 rings (SSSR count). The molecule has 0 fully saturated rings. The molecule has 1 N–H and O–H groups in total. The quantitative estimate of drug-likeness (QED) is 0.864. The third-order valence-corrected chi connectivity index (χ3v) is 2.57. The fourth-order valence-electron chi connectivity index (χ4n) is 1.26. The van der Waals surface area contributed by atoms with Crippen LogP contribution in [0.15, 0.2) is 16.6 Å². The molecule has 1 aromatic rings. The van der Waals surface area contributed by atoms with Gasteiger partial charge in [0, 0.05) is 0 Å². The number of carbonyl (C=O) groups excluding carboxylic acids is 1. The molecule has 0 bridgehead atoms. The molecule has 0 saturated heterocycles. The molecule has 0 spiro atoms. The maximum absolute atomic E-state index is 11.3. The first kappa shape index (κ1) is 12.8. The van der Waals surface area contributed by atoms with Gasteiger partial charge in [0.15, 0.2) is 11.5 Å². The molecule has 0 aliphatic heterocycles. The molecular formula is C11H13BrO4. The molecule has 0 amide bonds. The number of carbonyl (C=O) groups is 1. The van der Waals surface area contributed by atoms with E-state index in [-0.39, 0.29) is 18.1 Å². The number of benzene rings is 1. The van der Waals surface area contributed by atoms with Gasteiger partial charge >= 0.3 is 5.97 Å². The van der Waals surface area contributed by atoms with Crippen molar-refractivity contribution in [3.05, 3.63) is 22.2 Å². The topological polar surface area (TPSA) is 55.8 Å². The van der Waals surface area contributed by atoms with Crippen LogP contribution in [0.2, 0.25) is 0 Å². The van der Waals surface area contributed by atoms with Crippen LogP contribution in [-0.4, -0.2) is 24.8 Å². The van der Waals surface area contributed by atoms with Crippen LogP contribution in [-0.2, 0) is 16.0 Å². The molecule has 0 radical (unpaired) electrons. The van der Waals surface area contributed by atoms with Crippen molar-refractivity contribution in [3.63, 3.8) is 0 Å². The minimum Gasteiger partial charge on any atom is -0.503 e. The Morgan fingerprint density at radius 1 is 1.50 bits per heavy atom. The van der Waals surface area contributed by atoms with Gasteiger partial charge in [0.1, 0.15) is 0 Å². The minimum atomic E-state index is -0.304. The van der Waals surface area contributed by atoms with Crippen molar-refractivity contribution in [3.8, 4) is 11.5 Å². The van der Waals surface area contributed by atoms with Gasteiger partial charge in [-0.3, -0.25) is 4.79 Å². The van der Waals surface area contributed by atoms with E-state index in [2.05, 4.69) is 15.9 Å². The summed E-state index contributed by atoms with van der Waals surface area (Å²) in [6.45, 7) is 2.11. The van der Waals surface area contributed by atoms with Crippen molar-refractivity contribution in [1.82, 2.24) is 0 Å². The number of halogens is 1. The van der Waals surface area contributed by atoms with Crippen molar-refractivity contribution >= 4 is 21.9 Å². The Labute approximate surface area is 102 Å². The van der Waals surface area contributed by atoms with Crippen LogP contribution in [0.1, 0.15) is 12.5 Å². The number of ether oxygens (including phenoxy) is 2. The maximum atomic E-state index is 11.3. The van der Waals surface area contributed by atoms with E-state index >= 15 is 0 Å². The summed E-state index contributed by atoms with van der Waals surface area (Å²) >= 11 is 3.18. The van der Waals surface area contributed by atoms with Gasteiger partial charge in [-0.25, -0.2) is 0 Å². The summed E-state index contributed by atoms with van der Waals surface area (Å²) in [6, 6.07) is 3.27. The molecule has 0 aliphatic carbocycles. The van der Waals surface area contributed by atoms with Gasteiger partial charge in [0.05, 0.1) is 24.6 Å². The zero-order valence-electron chi connectivity index (χ0n) is 9.12. The van der Waals surface area contributed by atoms with E-state index in [0.29, 0.717) is 16.8 Å². The van der Waals surface area contributed by atoms with Crippen LogP contribution >= 0.6 is 15.9 Å². The number of phenolic OH excluding ortho intramolecular Hbond substituents is 1. The molecule has 4 nitrogen and oxygen atoms in total. The van der Waals surface area contributed by atoms with Gasteiger partial charge in [0.2, 0.25) is 0 Å². The third kappa shape index (κ3) is 3.13. The molecule has 16 heavy (non-hydrogen) atoms. The summed E-state index contributed by atoms with van der Waals surface area (Å²) in [5.74, 6) is 0.0472. The zero-order valence-corrected chi connectivity index (χ0v) is 10.7. The lowest BCUT2D eigenvalue weighted by atomic mass is 10.1. The second kappa shape index (κ2) is 5.75. The molecule has 1 aromatic carbocycles. The van der Waals surface area contributed by atoms with Crippen LogP contribution in [0.25, 0.3) is 0 Å².